The number of amides is 3. The number of nitrogens with zero attached hydrogens (tertiary/aromatic N) is 2. The summed E-state index contributed by atoms with van der Waals surface area (Å²) in [4.78, 5) is 42.0. The van der Waals surface area contributed by atoms with E-state index in [1.165, 1.54) is 10.9 Å². The van der Waals surface area contributed by atoms with Gasteiger partial charge in [0.2, 0.25) is 5.91 Å². The van der Waals surface area contributed by atoms with Crippen LogP contribution in [-0.4, -0.2) is 47.1 Å². The zero-order valence-electron chi connectivity index (χ0n) is 22.8. The summed E-state index contributed by atoms with van der Waals surface area (Å²) in [7, 11) is 1.57. The van der Waals surface area contributed by atoms with E-state index in [1.54, 1.807) is 24.2 Å². The lowest BCUT2D eigenvalue weighted by Crippen LogP contribution is -2.44. The fraction of sp³-hybridized carbons (Fsp3) is 0.182. The molecule has 0 unspecified atom stereocenters. The molecule has 4 aromatic rings. The van der Waals surface area contributed by atoms with Crippen molar-refractivity contribution >= 4 is 68.3 Å². The van der Waals surface area contributed by atoms with Crippen molar-refractivity contribution in [3.05, 3.63) is 110 Å². The number of hydrogen-bond acceptors (Lipinski definition) is 6. The van der Waals surface area contributed by atoms with Gasteiger partial charge in [0.25, 0.3) is 11.1 Å². The smallest absolute Gasteiger partial charge is 0.294 e. The predicted molar refractivity (Wildman–Crippen MR) is 172 cm³/mol. The summed E-state index contributed by atoms with van der Waals surface area (Å²) in [6.07, 6.45) is 2.41. The predicted octanol–water partition coefficient (Wildman–Crippen LogP) is 6.65. The Bertz CT molecular complexity index is 1750. The monoisotopic (exact) mass is 690 g/mol. The van der Waals surface area contributed by atoms with Crippen LogP contribution in [0, 0.1) is 3.57 Å². The van der Waals surface area contributed by atoms with Crippen molar-refractivity contribution in [2.24, 2.45) is 0 Å². The van der Waals surface area contributed by atoms with Crippen LogP contribution in [0.25, 0.3) is 16.8 Å². The van der Waals surface area contributed by atoms with E-state index in [1.807, 2.05) is 42.5 Å². The molecule has 0 N–H and O–H groups in total. The molecule has 2 aliphatic rings. The SMILES string of the molecule is COc1cc(/C=C2\SC(=O)N(CC(=O)N3CCc4ccccc4C3)C2=O)cc(I)c1OCc1ccc2ccccc2c1. The van der Waals surface area contributed by atoms with E-state index in [0.717, 1.165) is 43.2 Å². The van der Waals surface area contributed by atoms with Crippen LogP contribution < -0.4 is 9.47 Å². The Morgan fingerprint density at radius 3 is 2.55 bits per heavy atom. The number of fused-ring (bicyclic) bond motifs is 2. The van der Waals surface area contributed by atoms with E-state index in [9.17, 15) is 14.4 Å². The molecule has 0 radical (unpaired) electrons. The third kappa shape index (κ3) is 5.89. The lowest BCUT2D eigenvalue weighted by molar-refractivity contribution is -0.136. The summed E-state index contributed by atoms with van der Waals surface area (Å²) < 4.78 is 12.6. The van der Waals surface area contributed by atoms with Crippen molar-refractivity contribution in [1.29, 1.82) is 0 Å². The average molecular weight is 691 g/mol. The van der Waals surface area contributed by atoms with Gasteiger partial charge < -0.3 is 14.4 Å². The van der Waals surface area contributed by atoms with Crippen LogP contribution in [0.1, 0.15) is 22.3 Å². The molecule has 4 aromatic carbocycles. The molecule has 2 aliphatic heterocycles. The topological polar surface area (TPSA) is 76.2 Å². The minimum atomic E-state index is -0.471. The molecule has 3 amide bonds. The number of rotatable bonds is 7. The second-order valence-electron chi connectivity index (χ2n) is 10.1. The second-order valence-corrected chi connectivity index (χ2v) is 12.3. The molecule has 7 nitrogen and oxygen atoms in total. The van der Waals surface area contributed by atoms with Crippen molar-refractivity contribution in [2.75, 3.05) is 20.2 Å². The van der Waals surface area contributed by atoms with Gasteiger partial charge in [0.05, 0.1) is 15.6 Å². The van der Waals surface area contributed by atoms with Gasteiger partial charge >= 0.3 is 0 Å². The highest BCUT2D eigenvalue weighted by atomic mass is 127. The van der Waals surface area contributed by atoms with Crippen LogP contribution in [-0.2, 0) is 29.2 Å². The lowest BCUT2D eigenvalue weighted by Gasteiger charge is -2.29. The van der Waals surface area contributed by atoms with Crippen LogP contribution in [0.15, 0.2) is 83.8 Å². The quantitative estimate of drug-likeness (QED) is 0.160. The molecule has 0 spiro atoms. The van der Waals surface area contributed by atoms with Gasteiger partial charge in [-0.15, -0.1) is 0 Å². The van der Waals surface area contributed by atoms with Gasteiger partial charge in [-0.25, -0.2) is 0 Å². The zero-order valence-corrected chi connectivity index (χ0v) is 25.8. The molecule has 9 heteroatoms. The summed E-state index contributed by atoms with van der Waals surface area (Å²) in [6, 6.07) is 26.1. The summed E-state index contributed by atoms with van der Waals surface area (Å²) in [5.74, 6) is 0.414. The van der Waals surface area contributed by atoms with E-state index in [-0.39, 0.29) is 17.4 Å². The number of benzene rings is 4. The van der Waals surface area contributed by atoms with Crippen molar-refractivity contribution in [3.63, 3.8) is 0 Å². The number of ether oxygens (including phenoxy) is 2. The first-order valence-electron chi connectivity index (χ1n) is 13.5. The molecule has 1 fully saturated rings. The summed E-state index contributed by atoms with van der Waals surface area (Å²) in [5.41, 5.74) is 4.05. The fourth-order valence-electron chi connectivity index (χ4n) is 5.18. The largest absolute Gasteiger partial charge is 0.493 e. The Morgan fingerprint density at radius 1 is 0.976 bits per heavy atom. The Morgan fingerprint density at radius 2 is 1.74 bits per heavy atom. The molecule has 0 bridgehead atoms. The van der Waals surface area contributed by atoms with E-state index in [2.05, 4.69) is 52.9 Å². The number of methoxy groups -OCH3 is 1. The highest BCUT2D eigenvalue weighted by Crippen LogP contribution is 2.38. The molecule has 0 aliphatic carbocycles. The Labute approximate surface area is 261 Å². The molecule has 0 aromatic heterocycles. The van der Waals surface area contributed by atoms with Crippen LogP contribution in [0.3, 0.4) is 0 Å². The van der Waals surface area contributed by atoms with Gasteiger partial charge in [-0.3, -0.25) is 19.3 Å². The maximum Gasteiger partial charge on any atom is 0.294 e. The number of carbonyl (C=O) groups is 3. The van der Waals surface area contributed by atoms with Crippen molar-refractivity contribution in [1.82, 2.24) is 9.80 Å². The number of halogens is 1. The van der Waals surface area contributed by atoms with Gasteiger partial charge in [0, 0.05) is 13.1 Å². The van der Waals surface area contributed by atoms with E-state index >= 15 is 0 Å². The minimum absolute atomic E-state index is 0.239. The standard InChI is InChI=1S/C33H27IN2O5S/c1-40-28-16-22(15-27(34)31(28)41-20-21-10-11-23-6-2-4-8-25(23)14-21)17-29-32(38)36(33(39)42-29)19-30(37)35-13-12-24-7-3-5-9-26(24)18-35/h2-11,14-17H,12-13,18-20H2,1H3/b29-17-. The van der Waals surface area contributed by atoms with Crippen LogP contribution in [0.4, 0.5) is 4.79 Å². The maximum absolute atomic E-state index is 13.2. The average Bonchev–Trinajstić information content (AvgIpc) is 3.26. The molecule has 1 saturated heterocycles. The van der Waals surface area contributed by atoms with Gasteiger partial charge in [0.1, 0.15) is 13.2 Å². The zero-order chi connectivity index (χ0) is 29.2. The number of hydrogen-bond donors (Lipinski definition) is 0. The van der Waals surface area contributed by atoms with Gasteiger partial charge in [-0.2, -0.15) is 0 Å². The van der Waals surface area contributed by atoms with Gasteiger partial charge in [-0.1, -0.05) is 60.7 Å². The van der Waals surface area contributed by atoms with Gasteiger partial charge in [-0.05, 0) is 98.1 Å². The van der Waals surface area contributed by atoms with Gasteiger partial charge in [0.15, 0.2) is 11.5 Å². The molecular weight excluding hydrogens is 663 g/mol. The highest BCUT2D eigenvalue weighted by molar-refractivity contribution is 14.1. The fourth-order valence-corrected chi connectivity index (χ4v) is 6.80. The molecule has 6 rings (SSSR count). The lowest BCUT2D eigenvalue weighted by atomic mass is 10.00. The highest BCUT2D eigenvalue weighted by Gasteiger charge is 2.37. The summed E-state index contributed by atoms with van der Waals surface area (Å²) in [5, 5.41) is 1.87. The van der Waals surface area contributed by atoms with E-state index < -0.39 is 11.1 Å². The summed E-state index contributed by atoms with van der Waals surface area (Å²) in [6.45, 7) is 1.14. The van der Waals surface area contributed by atoms with Crippen molar-refractivity contribution < 1.29 is 23.9 Å². The maximum atomic E-state index is 13.2. The van der Waals surface area contributed by atoms with Crippen molar-refractivity contribution in [2.45, 2.75) is 19.6 Å². The Balaban J connectivity index is 1.14. The summed E-state index contributed by atoms with van der Waals surface area (Å²) >= 11 is 3.02. The minimum Gasteiger partial charge on any atom is -0.493 e. The van der Waals surface area contributed by atoms with E-state index in [4.69, 9.17) is 9.47 Å². The molecule has 0 saturated carbocycles. The van der Waals surface area contributed by atoms with Crippen LogP contribution in [0.5, 0.6) is 11.5 Å². The second kappa shape index (κ2) is 12.2. The molecular formula is C33H27IN2O5S. The number of imide groups is 1. The first-order valence-corrected chi connectivity index (χ1v) is 15.4. The molecule has 42 heavy (non-hydrogen) atoms. The first-order chi connectivity index (χ1) is 20.4. The van der Waals surface area contributed by atoms with Crippen LogP contribution >= 0.6 is 34.4 Å². The Kier molecular flexibility index (Phi) is 8.21. The molecule has 0 atom stereocenters. The van der Waals surface area contributed by atoms with Crippen molar-refractivity contribution in [3.8, 4) is 11.5 Å². The van der Waals surface area contributed by atoms with Crippen LogP contribution in [0.2, 0.25) is 0 Å². The molecule has 2 heterocycles. The third-order valence-corrected chi connectivity index (χ3v) is 9.11. The van der Waals surface area contributed by atoms with E-state index in [0.29, 0.717) is 36.8 Å². The first kappa shape index (κ1) is 28.3. The molecule has 212 valence electrons. The number of carbonyl (C=O) groups excluding carboxylic acids is 3. The number of thioether (sulfide) groups is 1. The Hall–Kier alpha value is -3.83. The third-order valence-electron chi connectivity index (χ3n) is 7.40. The normalized spacial score (nSPS) is 15.8.